The minimum atomic E-state index is 0.770. The van der Waals surface area contributed by atoms with Crippen molar-refractivity contribution in [2.45, 2.75) is 45.2 Å². The first-order valence-corrected chi connectivity index (χ1v) is 7.32. The van der Waals surface area contributed by atoms with Crippen molar-refractivity contribution in [2.24, 2.45) is 5.92 Å². The summed E-state index contributed by atoms with van der Waals surface area (Å²) in [5, 5.41) is 3.66. The Hall–Kier alpha value is -0.800. The summed E-state index contributed by atoms with van der Waals surface area (Å²) in [6.45, 7) is 6.68. The third kappa shape index (κ3) is 2.78. The molecule has 0 saturated carbocycles. The molecule has 1 aromatic rings. The molecule has 1 aromatic heterocycles. The average Bonchev–Trinajstić information content (AvgIpc) is 3.01. The van der Waals surface area contributed by atoms with Crippen molar-refractivity contribution < 1.29 is 4.42 Å². The molecular weight excluding hydrogens is 224 g/mol. The van der Waals surface area contributed by atoms with E-state index in [-0.39, 0.29) is 0 Å². The summed E-state index contributed by atoms with van der Waals surface area (Å²) >= 11 is 0. The van der Waals surface area contributed by atoms with Gasteiger partial charge in [0.25, 0.3) is 0 Å². The summed E-state index contributed by atoms with van der Waals surface area (Å²) in [5.41, 5.74) is 0. The van der Waals surface area contributed by atoms with E-state index in [1.165, 1.54) is 45.3 Å². The highest BCUT2D eigenvalue weighted by Gasteiger charge is 2.29. The molecule has 2 unspecified atom stereocenters. The second-order valence-electron chi connectivity index (χ2n) is 5.85. The smallest absolute Gasteiger partial charge is 0.118 e. The van der Waals surface area contributed by atoms with Crippen LogP contribution in [-0.2, 0) is 6.54 Å². The number of likely N-dealkylation sites (tertiary alicyclic amines) is 1. The van der Waals surface area contributed by atoms with E-state index < -0.39 is 0 Å². The SMILES string of the molecule is Cc1ccc(CN2CCCC(C3CCCN3)C2)o1. The summed E-state index contributed by atoms with van der Waals surface area (Å²) in [6.07, 6.45) is 5.46. The summed E-state index contributed by atoms with van der Waals surface area (Å²) in [4.78, 5) is 2.56. The summed E-state index contributed by atoms with van der Waals surface area (Å²) in [5.74, 6) is 2.99. The van der Waals surface area contributed by atoms with E-state index in [1.807, 2.05) is 6.92 Å². The van der Waals surface area contributed by atoms with Gasteiger partial charge in [0, 0.05) is 12.6 Å². The van der Waals surface area contributed by atoms with Gasteiger partial charge in [0.15, 0.2) is 0 Å². The zero-order valence-electron chi connectivity index (χ0n) is 11.3. The third-order valence-electron chi connectivity index (χ3n) is 4.38. The van der Waals surface area contributed by atoms with Crippen LogP contribution in [0.4, 0.5) is 0 Å². The van der Waals surface area contributed by atoms with Crippen molar-refractivity contribution in [1.29, 1.82) is 0 Å². The molecule has 0 radical (unpaired) electrons. The molecule has 3 nitrogen and oxygen atoms in total. The molecule has 0 bridgehead atoms. The lowest BCUT2D eigenvalue weighted by molar-refractivity contribution is 0.136. The van der Waals surface area contributed by atoms with Gasteiger partial charge in [0.05, 0.1) is 6.54 Å². The highest BCUT2D eigenvalue weighted by atomic mass is 16.3. The largest absolute Gasteiger partial charge is 0.465 e. The van der Waals surface area contributed by atoms with E-state index in [0.717, 1.165) is 30.0 Å². The van der Waals surface area contributed by atoms with Crippen LogP contribution < -0.4 is 5.32 Å². The predicted octanol–water partition coefficient (Wildman–Crippen LogP) is 2.55. The van der Waals surface area contributed by atoms with Gasteiger partial charge in [0.2, 0.25) is 0 Å². The van der Waals surface area contributed by atoms with Gasteiger partial charge < -0.3 is 9.73 Å². The van der Waals surface area contributed by atoms with Gasteiger partial charge >= 0.3 is 0 Å². The van der Waals surface area contributed by atoms with Crippen molar-refractivity contribution in [3.8, 4) is 0 Å². The Morgan fingerprint density at radius 1 is 1.33 bits per heavy atom. The summed E-state index contributed by atoms with van der Waals surface area (Å²) in [6, 6.07) is 4.95. The molecule has 2 aliphatic heterocycles. The Labute approximate surface area is 110 Å². The van der Waals surface area contributed by atoms with Crippen LogP contribution in [0.2, 0.25) is 0 Å². The van der Waals surface area contributed by atoms with Crippen molar-refractivity contribution in [1.82, 2.24) is 10.2 Å². The monoisotopic (exact) mass is 248 g/mol. The van der Waals surface area contributed by atoms with Crippen LogP contribution in [0, 0.1) is 12.8 Å². The predicted molar refractivity (Wildman–Crippen MR) is 72.5 cm³/mol. The number of nitrogens with zero attached hydrogens (tertiary/aromatic N) is 1. The Morgan fingerprint density at radius 3 is 3.00 bits per heavy atom. The average molecular weight is 248 g/mol. The zero-order valence-corrected chi connectivity index (χ0v) is 11.3. The molecule has 2 atom stereocenters. The molecule has 0 amide bonds. The fourth-order valence-electron chi connectivity index (χ4n) is 3.47. The van der Waals surface area contributed by atoms with E-state index in [1.54, 1.807) is 0 Å². The zero-order chi connectivity index (χ0) is 12.4. The van der Waals surface area contributed by atoms with Gasteiger partial charge in [-0.3, -0.25) is 4.90 Å². The Kier molecular flexibility index (Phi) is 3.71. The molecule has 0 aromatic carbocycles. The van der Waals surface area contributed by atoms with E-state index in [2.05, 4.69) is 22.3 Å². The quantitative estimate of drug-likeness (QED) is 0.891. The maximum absolute atomic E-state index is 5.69. The van der Waals surface area contributed by atoms with Crippen molar-refractivity contribution in [3.05, 3.63) is 23.7 Å². The first-order chi connectivity index (χ1) is 8.81. The molecule has 2 saturated heterocycles. The second-order valence-corrected chi connectivity index (χ2v) is 5.85. The minimum absolute atomic E-state index is 0.770. The van der Waals surface area contributed by atoms with Gasteiger partial charge in [-0.05, 0) is 63.7 Å². The molecule has 18 heavy (non-hydrogen) atoms. The molecule has 3 rings (SSSR count). The highest BCUT2D eigenvalue weighted by molar-refractivity contribution is 5.05. The maximum atomic E-state index is 5.69. The number of hydrogen-bond acceptors (Lipinski definition) is 3. The second kappa shape index (κ2) is 5.45. The van der Waals surface area contributed by atoms with Gasteiger partial charge in [-0.2, -0.15) is 0 Å². The van der Waals surface area contributed by atoms with Crippen LogP contribution in [0.3, 0.4) is 0 Å². The Morgan fingerprint density at radius 2 is 2.28 bits per heavy atom. The van der Waals surface area contributed by atoms with E-state index in [9.17, 15) is 0 Å². The third-order valence-corrected chi connectivity index (χ3v) is 4.38. The molecular formula is C15H24N2O. The normalized spacial score (nSPS) is 29.8. The number of nitrogens with one attached hydrogen (secondary N) is 1. The standard InChI is InChI=1S/C15H24N2O/c1-12-6-7-14(18-12)11-17-9-3-4-13(10-17)15-5-2-8-16-15/h6-7,13,15-16H,2-5,8-11H2,1H3. The van der Waals surface area contributed by atoms with Gasteiger partial charge in [-0.15, -0.1) is 0 Å². The molecule has 100 valence electrons. The van der Waals surface area contributed by atoms with Gasteiger partial charge in [-0.1, -0.05) is 0 Å². The van der Waals surface area contributed by atoms with Crippen LogP contribution >= 0.6 is 0 Å². The van der Waals surface area contributed by atoms with Gasteiger partial charge in [-0.25, -0.2) is 0 Å². The number of furan rings is 1. The summed E-state index contributed by atoms with van der Waals surface area (Å²) < 4.78 is 5.69. The lowest BCUT2D eigenvalue weighted by atomic mass is 9.90. The molecule has 2 aliphatic rings. The number of piperidine rings is 1. The van der Waals surface area contributed by atoms with Crippen LogP contribution in [0.25, 0.3) is 0 Å². The molecule has 3 heterocycles. The molecule has 3 heteroatoms. The maximum Gasteiger partial charge on any atom is 0.118 e. The molecule has 0 spiro atoms. The Balaban J connectivity index is 1.56. The van der Waals surface area contributed by atoms with E-state index >= 15 is 0 Å². The highest BCUT2D eigenvalue weighted by Crippen LogP contribution is 2.25. The fraction of sp³-hybridized carbons (Fsp3) is 0.733. The number of rotatable bonds is 3. The van der Waals surface area contributed by atoms with Gasteiger partial charge in [0.1, 0.15) is 11.5 Å². The minimum Gasteiger partial charge on any atom is -0.465 e. The topological polar surface area (TPSA) is 28.4 Å². The first-order valence-electron chi connectivity index (χ1n) is 7.32. The van der Waals surface area contributed by atoms with Crippen LogP contribution in [0.1, 0.15) is 37.2 Å². The number of aryl methyl sites for hydroxylation is 1. The lowest BCUT2D eigenvalue weighted by Crippen LogP contribution is -2.43. The van der Waals surface area contributed by atoms with Crippen LogP contribution in [0.15, 0.2) is 16.5 Å². The molecule has 0 aliphatic carbocycles. The van der Waals surface area contributed by atoms with E-state index in [4.69, 9.17) is 4.42 Å². The van der Waals surface area contributed by atoms with Crippen molar-refractivity contribution in [3.63, 3.8) is 0 Å². The van der Waals surface area contributed by atoms with Crippen molar-refractivity contribution >= 4 is 0 Å². The van der Waals surface area contributed by atoms with E-state index in [0.29, 0.717) is 0 Å². The lowest BCUT2D eigenvalue weighted by Gasteiger charge is -2.35. The summed E-state index contributed by atoms with van der Waals surface area (Å²) in [7, 11) is 0. The molecule has 1 N–H and O–H groups in total. The van der Waals surface area contributed by atoms with Crippen molar-refractivity contribution in [2.75, 3.05) is 19.6 Å². The van der Waals surface area contributed by atoms with Crippen LogP contribution in [0.5, 0.6) is 0 Å². The first kappa shape index (κ1) is 12.2. The number of hydrogen-bond donors (Lipinski definition) is 1. The Bertz CT molecular complexity index is 382. The fourth-order valence-corrected chi connectivity index (χ4v) is 3.47. The molecule has 2 fully saturated rings. The van der Waals surface area contributed by atoms with Crippen LogP contribution in [-0.4, -0.2) is 30.6 Å².